The van der Waals surface area contributed by atoms with Gasteiger partial charge in [0.05, 0.1) is 6.10 Å². The van der Waals surface area contributed by atoms with Crippen molar-refractivity contribution in [1.82, 2.24) is 0 Å². The zero-order chi connectivity index (χ0) is 10.8. The Morgan fingerprint density at radius 2 is 2.00 bits per heavy atom. The quantitative estimate of drug-likeness (QED) is 0.557. The van der Waals surface area contributed by atoms with Gasteiger partial charge in [0.1, 0.15) is 0 Å². The van der Waals surface area contributed by atoms with Crippen LogP contribution in [-0.2, 0) is 4.74 Å². The van der Waals surface area contributed by atoms with Gasteiger partial charge in [0.25, 0.3) is 0 Å². The summed E-state index contributed by atoms with van der Waals surface area (Å²) in [6.45, 7) is 6.50. The van der Waals surface area contributed by atoms with Gasteiger partial charge in [-0.05, 0) is 31.8 Å². The molecule has 1 heteroatoms. The predicted molar refractivity (Wildman–Crippen MR) is 63.5 cm³/mol. The first-order valence-electron chi connectivity index (χ1n) is 5.60. The molecule has 0 heterocycles. The monoisotopic (exact) mass is 196 g/mol. The smallest absolute Gasteiger partial charge is 0.0778 e. The van der Waals surface area contributed by atoms with E-state index in [2.05, 4.69) is 39.0 Å². The van der Waals surface area contributed by atoms with Crippen molar-refractivity contribution in [2.24, 2.45) is 0 Å². The largest absolute Gasteiger partial charge is 0.377 e. The van der Waals surface area contributed by atoms with E-state index >= 15 is 0 Å². The van der Waals surface area contributed by atoms with Crippen LogP contribution in [0, 0.1) is 0 Å². The molecule has 0 aliphatic heterocycles. The third-order valence-electron chi connectivity index (χ3n) is 2.32. The number of allylic oxidation sites excluding steroid dienone is 3. The van der Waals surface area contributed by atoms with Gasteiger partial charge in [0, 0.05) is 7.11 Å². The van der Waals surface area contributed by atoms with Crippen LogP contribution in [0.2, 0.25) is 0 Å². The molecule has 0 spiro atoms. The van der Waals surface area contributed by atoms with Crippen molar-refractivity contribution in [3.05, 3.63) is 23.8 Å². The second-order valence-electron chi connectivity index (χ2n) is 3.58. The van der Waals surface area contributed by atoms with E-state index in [9.17, 15) is 0 Å². The first-order valence-corrected chi connectivity index (χ1v) is 5.60. The van der Waals surface area contributed by atoms with Gasteiger partial charge in [-0.2, -0.15) is 0 Å². The van der Waals surface area contributed by atoms with Crippen molar-refractivity contribution in [2.45, 2.75) is 52.6 Å². The molecule has 1 nitrogen and oxygen atoms in total. The SMILES string of the molecule is CCC=CCC=C(C)C(CCC)OC. The summed E-state index contributed by atoms with van der Waals surface area (Å²) in [5.41, 5.74) is 1.36. The lowest BCUT2D eigenvalue weighted by Crippen LogP contribution is -2.11. The molecule has 0 aliphatic carbocycles. The molecule has 0 fully saturated rings. The molecule has 0 aromatic rings. The summed E-state index contributed by atoms with van der Waals surface area (Å²) in [5, 5.41) is 0. The molecule has 0 saturated carbocycles. The van der Waals surface area contributed by atoms with E-state index in [4.69, 9.17) is 4.74 Å². The maximum absolute atomic E-state index is 5.42. The molecule has 0 radical (unpaired) electrons. The Morgan fingerprint density at radius 3 is 2.50 bits per heavy atom. The molecule has 0 amide bonds. The normalized spacial score (nSPS) is 15.0. The Labute approximate surface area is 88.9 Å². The third-order valence-corrected chi connectivity index (χ3v) is 2.32. The molecule has 0 saturated heterocycles. The van der Waals surface area contributed by atoms with Crippen molar-refractivity contribution < 1.29 is 4.74 Å². The topological polar surface area (TPSA) is 9.23 Å². The summed E-state index contributed by atoms with van der Waals surface area (Å²) < 4.78 is 5.42. The summed E-state index contributed by atoms with van der Waals surface area (Å²) in [5.74, 6) is 0. The van der Waals surface area contributed by atoms with Gasteiger partial charge in [-0.1, -0.05) is 38.5 Å². The van der Waals surface area contributed by atoms with Crippen LogP contribution in [0.1, 0.15) is 46.5 Å². The van der Waals surface area contributed by atoms with Crippen LogP contribution >= 0.6 is 0 Å². The number of methoxy groups -OCH3 is 1. The van der Waals surface area contributed by atoms with E-state index in [0.29, 0.717) is 6.10 Å². The lowest BCUT2D eigenvalue weighted by molar-refractivity contribution is 0.123. The molecule has 0 aromatic carbocycles. The summed E-state index contributed by atoms with van der Waals surface area (Å²) in [4.78, 5) is 0. The minimum Gasteiger partial charge on any atom is -0.377 e. The lowest BCUT2D eigenvalue weighted by atomic mass is 10.1. The van der Waals surface area contributed by atoms with Crippen LogP contribution in [0.3, 0.4) is 0 Å². The van der Waals surface area contributed by atoms with E-state index in [-0.39, 0.29) is 0 Å². The molecule has 0 aromatic heterocycles. The highest BCUT2D eigenvalue weighted by molar-refractivity contribution is 5.07. The van der Waals surface area contributed by atoms with Gasteiger partial charge in [0.2, 0.25) is 0 Å². The van der Waals surface area contributed by atoms with Crippen LogP contribution in [0.4, 0.5) is 0 Å². The van der Waals surface area contributed by atoms with E-state index in [1.807, 2.05) is 0 Å². The Bertz CT molecular complexity index is 180. The first kappa shape index (κ1) is 13.4. The highest BCUT2D eigenvalue weighted by Gasteiger charge is 2.06. The van der Waals surface area contributed by atoms with Gasteiger partial charge < -0.3 is 4.74 Å². The summed E-state index contributed by atoms with van der Waals surface area (Å²) >= 11 is 0. The minimum atomic E-state index is 0.315. The van der Waals surface area contributed by atoms with Crippen molar-refractivity contribution in [1.29, 1.82) is 0 Å². The molecule has 0 N–H and O–H groups in total. The van der Waals surface area contributed by atoms with Crippen LogP contribution in [0.15, 0.2) is 23.8 Å². The number of hydrogen-bond donors (Lipinski definition) is 0. The molecule has 14 heavy (non-hydrogen) atoms. The molecular weight excluding hydrogens is 172 g/mol. The molecule has 0 rings (SSSR count). The number of hydrogen-bond acceptors (Lipinski definition) is 1. The Kier molecular flexibility index (Phi) is 8.65. The van der Waals surface area contributed by atoms with Crippen molar-refractivity contribution in [3.8, 4) is 0 Å². The zero-order valence-corrected chi connectivity index (χ0v) is 10.0. The van der Waals surface area contributed by atoms with Gasteiger partial charge in [0.15, 0.2) is 0 Å². The minimum absolute atomic E-state index is 0.315. The van der Waals surface area contributed by atoms with Crippen LogP contribution in [0.25, 0.3) is 0 Å². The molecule has 1 atom stereocenters. The number of rotatable bonds is 7. The standard InChI is InChI=1S/C13H24O/c1-5-7-8-9-11-12(3)13(14-4)10-6-2/h7-8,11,13H,5-6,9-10H2,1-4H3. The van der Waals surface area contributed by atoms with Crippen molar-refractivity contribution >= 4 is 0 Å². The fourth-order valence-electron chi connectivity index (χ4n) is 1.44. The molecule has 0 aliphatic rings. The first-order chi connectivity index (χ1) is 6.76. The fraction of sp³-hybridized carbons (Fsp3) is 0.692. The Balaban J connectivity index is 3.98. The highest BCUT2D eigenvalue weighted by atomic mass is 16.5. The Hall–Kier alpha value is -0.560. The third kappa shape index (κ3) is 5.98. The summed E-state index contributed by atoms with van der Waals surface area (Å²) in [6, 6.07) is 0. The van der Waals surface area contributed by atoms with Crippen LogP contribution in [-0.4, -0.2) is 13.2 Å². The summed E-state index contributed by atoms with van der Waals surface area (Å²) in [7, 11) is 1.79. The van der Waals surface area contributed by atoms with E-state index in [1.54, 1.807) is 7.11 Å². The van der Waals surface area contributed by atoms with Crippen molar-refractivity contribution in [2.75, 3.05) is 7.11 Å². The fourth-order valence-corrected chi connectivity index (χ4v) is 1.44. The predicted octanol–water partition coefficient (Wildman–Crippen LogP) is 4.10. The van der Waals surface area contributed by atoms with Gasteiger partial charge in [-0.3, -0.25) is 0 Å². The maximum Gasteiger partial charge on any atom is 0.0778 e. The second-order valence-corrected chi connectivity index (χ2v) is 3.58. The zero-order valence-electron chi connectivity index (χ0n) is 10.0. The lowest BCUT2D eigenvalue weighted by Gasteiger charge is -2.14. The van der Waals surface area contributed by atoms with Crippen molar-refractivity contribution in [3.63, 3.8) is 0 Å². The average Bonchev–Trinajstić information content (AvgIpc) is 2.20. The van der Waals surface area contributed by atoms with Gasteiger partial charge in [-0.15, -0.1) is 0 Å². The van der Waals surface area contributed by atoms with Gasteiger partial charge >= 0.3 is 0 Å². The van der Waals surface area contributed by atoms with Crippen LogP contribution < -0.4 is 0 Å². The van der Waals surface area contributed by atoms with E-state index < -0.39 is 0 Å². The summed E-state index contributed by atoms with van der Waals surface area (Å²) in [6.07, 6.45) is 11.4. The van der Waals surface area contributed by atoms with Crippen LogP contribution in [0.5, 0.6) is 0 Å². The van der Waals surface area contributed by atoms with Gasteiger partial charge in [-0.25, -0.2) is 0 Å². The van der Waals surface area contributed by atoms with E-state index in [1.165, 1.54) is 12.0 Å². The number of ether oxygens (including phenoxy) is 1. The molecule has 0 bridgehead atoms. The second kappa shape index (κ2) is 9.01. The van der Waals surface area contributed by atoms with E-state index in [0.717, 1.165) is 19.3 Å². The highest BCUT2D eigenvalue weighted by Crippen LogP contribution is 2.12. The maximum atomic E-state index is 5.42. The molecular formula is C13H24O. The molecule has 82 valence electrons. The average molecular weight is 196 g/mol. The molecule has 1 unspecified atom stereocenters. The Morgan fingerprint density at radius 1 is 1.29 bits per heavy atom.